The second-order valence-corrected chi connectivity index (χ2v) is 2.95. The highest BCUT2D eigenvalue weighted by Gasteiger charge is 2.31. The van der Waals surface area contributed by atoms with Crippen molar-refractivity contribution in [2.24, 2.45) is 5.92 Å². The third-order valence-electron chi connectivity index (χ3n) is 1.91. The van der Waals surface area contributed by atoms with Gasteiger partial charge in [-0.25, -0.2) is 0 Å². The molecule has 0 saturated carbocycles. The molecule has 0 aromatic carbocycles. The summed E-state index contributed by atoms with van der Waals surface area (Å²) < 4.78 is 9.59. The van der Waals surface area contributed by atoms with Crippen molar-refractivity contribution in [3.8, 4) is 0 Å². The summed E-state index contributed by atoms with van der Waals surface area (Å²) in [5.74, 6) is -2.14. The third-order valence-corrected chi connectivity index (χ3v) is 1.91. The van der Waals surface area contributed by atoms with Crippen LogP contribution in [0, 0.1) is 5.92 Å². The van der Waals surface area contributed by atoms with Crippen molar-refractivity contribution >= 4 is 11.9 Å². The lowest BCUT2D eigenvalue weighted by Gasteiger charge is -2.15. The zero-order valence-corrected chi connectivity index (χ0v) is 9.54. The van der Waals surface area contributed by atoms with Crippen LogP contribution in [0.5, 0.6) is 0 Å². The zero-order valence-electron chi connectivity index (χ0n) is 9.54. The molecule has 0 atom stereocenters. The molecule has 0 fully saturated rings. The molecular weight excluding hydrogens is 196 g/mol. The Balaban J connectivity index is 4.64. The van der Waals surface area contributed by atoms with E-state index in [9.17, 15) is 9.59 Å². The number of rotatable bonds is 6. The van der Waals surface area contributed by atoms with E-state index in [0.29, 0.717) is 12.0 Å². The molecular formula is C11H18O4. The van der Waals surface area contributed by atoms with E-state index in [2.05, 4.69) is 6.58 Å². The molecule has 0 N–H and O–H groups in total. The van der Waals surface area contributed by atoms with Crippen LogP contribution in [-0.4, -0.2) is 25.2 Å². The van der Waals surface area contributed by atoms with Crippen LogP contribution in [0.25, 0.3) is 0 Å². The molecule has 0 spiro atoms. The molecule has 0 aromatic rings. The van der Waals surface area contributed by atoms with Crippen LogP contribution >= 0.6 is 0 Å². The Hall–Kier alpha value is -1.32. The minimum absolute atomic E-state index is 0.242. The molecule has 0 aliphatic rings. The fourth-order valence-electron chi connectivity index (χ4n) is 1.08. The molecule has 0 aromatic heterocycles. The third kappa shape index (κ3) is 4.14. The van der Waals surface area contributed by atoms with E-state index in [1.165, 1.54) is 0 Å². The van der Waals surface area contributed by atoms with Gasteiger partial charge in [0.1, 0.15) is 0 Å². The fraction of sp³-hybridized carbons (Fsp3) is 0.636. The molecule has 4 heteroatoms. The summed E-state index contributed by atoms with van der Waals surface area (Å²) in [5.41, 5.74) is 0.520. The number of esters is 2. The molecule has 0 rings (SSSR count). The molecule has 4 nitrogen and oxygen atoms in total. The summed E-state index contributed by atoms with van der Waals surface area (Å²) in [6.45, 7) is 9.37. The van der Waals surface area contributed by atoms with E-state index in [0.717, 1.165) is 0 Å². The molecule has 0 heterocycles. The summed E-state index contributed by atoms with van der Waals surface area (Å²) in [4.78, 5) is 23.0. The lowest BCUT2D eigenvalue weighted by Crippen LogP contribution is -2.29. The van der Waals surface area contributed by atoms with Crippen LogP contribution in [0.15, 0.2) is 12.2 Å². The van der Waals surface area contributed by atoms with Gasteiger partial charge in [-0.1, -0.05) is 19.1 Å². The topological polar surface area (TPSA) is 52.6 Å². The van der Waals surface area contributed by atoms with Crippen molar-refractivity contribution in [1.82, 2.24) is 0 Å². The number of hydrogen-bond acceptors (Lipinski definition) is 4. The summed E-state index contributed by atoms with van der Waals surface area (Å²) in [5, 5.41) is 0. The first-order chi connectivity index (χ1) is 7.08. The van der Waals surface area contributed by atoms with Crippen molar-refractivity contribution in [1.29, 1.82) is 0 Å². The first kappa shape index (κ1) is 13.7. The van der Waals surface area contributed by atoms with Crippen LogP contribution in [0.3, 0.4) is 0 Å². The number of ether oxygens (including phenoxy) is 2. The number of carbonyl (C=O) groups is 2. The quantitative estimate of drug-likeness (QED) is 0.383. The predicted molar refractivity (Wildman–Crippen MR) is 56.2 cm³/mol. The molecule has 0 saturated heterocycles. The van der Waals surface area contributed by atoms with Crippen molar-refractivity contribution in [3.63, 3.8) is 0 Å². The van der Waals surface area contributed by atoms with Gasteiger partial charge >= 0.3 is 11.9 Å². The normalized spacial score (nSPS) is 9.87. The van der Waals surface area contributed by atoms with Gasteiger partial charge in [-0.05, 0) is 20.3 Å². The van der Waals surface area contributed by atoms with E-state index in [4.69, 9.17) is 9.47 Å². The van der Waals surface area contributed by atoms with E-state index >= 15 is 0 Å². The maximum atomic E-state index is 11.5. The van der Waals surface area contributed by atoms with Gasteiger partial charge in [0, 0.05) is 0 Å². The Morgan fingerprint density at radius 1 is 1.07 bits per heavy atom. The van der Waals surface area contributed by atoms with Gasteiger partial charge in [-0.3, -0.25) is 9.59 Å². The van der Waals surface area contributed by atoms with E-state index < -0.39 is 17.9 Å². The van der Waals surface area contributed by atoms with Gasteiger partial charge in [0.25, 0.3) is 0 Å². The number of hydrogen-bond donors (Lipinski definition) is 0. The van der Waals surface area contributed by atoms with Crippen molar-refractivity contribution < 1.29 is 19.1 Å². The molecule has 0 aliphatic heterocycles. The molecule has 0 bridgehead atoms. The highest BCUT2D eigenvalue weighted by molar-refractivity contribution is 5.98. The Bertz CT molecular complexity index is 227. The molecule has 0 radical (unpaired) electrons. The molecule has 0 aliphatic carbocycles. The maximum Gasteiger partial charge on any atom is 0.324 e. The largest absolute Gasteiger partial charge is 0.465 e. The zero-order chi connectivity index (χ0) is 11.8. The highest BCUT2D eigenvalue weighted by atomic mass is 16.6. The SMILES string of the molecule is C=C(CC)C(C(=O)OCC)C(=O)OCC. The molecule has 15 heavy (non-hydrogen) atoms. The first-order valence-electron chi connectivity index (χ1n) is 5.09. The first-order valence-corrected chi connectivity index (χ1v) is 5.09. The fourth-order valence-corrected chi connectivity index (χ4v) is 1.08. The Labute approximate surface area is 90.2 Å². The van der Waals surface area contributed by atoms with Crippen molar-refractivity contribution in [2.45, 2.75) is 27.2 Å². The Morgan fingerprint density at radius 3 is 1.73 bits per heavy atom. The molecule has 86 valence electrons. The maximum absolute atomic E-state index is 11.5. The second-order valence-electron chi connectivity index (χ2n) is 2.95. The standard InChI is InChI=1S/C11H18O4/c1-5-8(4)9(10(12)14-6-2)11(13)15-7-3/h9H,4-7H2,1-3H3. The van der Waals surface area contributed by atoms with Gasteiger partial charge in [0.05, 0.1) is 13.2 Å². The van der Waals surface area contributed by atoms with E-state index in [-0.39, 0.29) is 13.2 Å². The summed E-state index contributed by atoms with van der Waals surface area (Å²) >= 11 is 0. The molecule has 0 amide bonds. The van der Waals surface area contributed by atoms with Crippen LogP contribution < -0.4 is 0 Å². The van der Waals surface area contributed by atoms with Crippen molar-refractivity contribution in [2.75, 3.05) is 13.2 Å². The highest BCUT2D eigenvalue weighted by Crippen LogP contribution is 2.16. The summed E-state index contributed by atoms with van der Waals surface area (Å²) in [7, 11) is 0. The van der Waals surface area contributed by atoms with Crippen molar-refractivity contribution in [3.05, 3.63) is 12.2 Å². The van der Waals surface area contributed by atoms with Gasteiger partial charge in [-0.2, -0.15) is 0 Å². The van der Waals surface area contributed by atoms with E-state index in [1.54, 1.807) is 13.8 Å². The van der Waals surface area contributed by atoms with Gasteiger partial charge in [0.2, 0.25) is 0 Å². The van der Waals surface area contributed by atoms with Gasteiger partial charge in [-0.15, -0.1) is 0 Å². The Kier molecular flexibility index (Phi) is 6.42. The lowest BCUT2D eigenvalue weighted by molar-refractivity contribution is -0.159. The average Bonchev–Trinajstić information content (AvgIpc) is 2.18. The lowest BCUT2D eigenvalue weighted by atomic mass is 9.99. The smallest absolute Gasteiger partial charge is 0.324 e. The molecule has 0 unspecified atom stereocenters. The minimum Gasteiger partial charge on any atom is -0.465 e. The number of carbonyl (C=O) groups excluding carboxylic acids is 2. The van der Waals surface area contributed by atoms with Gasteiger partial charge in [0.15, 0.2) is 5.92 Å². The van der Waals surface area contributed by atoms with Crippen LogP contribution in [0.1, 0.15) is 27.2 Å². The summed E-state index contributed by atoms with van der Waals surface area (Å²) in [6.07, 6.45) is 0.544. The van der Waals surface area contributed by atoms with Gasteiger partial charge < -0.3 is 9.47 Å². The Morgan fingerprint density at radius 2 is 1.47 bits per heavy atom. The monoisotopic (exact) mass is 214 g/mol. The second kappa shape index (κ2) is 7.04. The minimum atomic E-state index is -0.977. The summed E-state index contributed by atoms with van der Waals surface area (Å²) in [6, 6.07) is 0. The van der Waals surface area contributed by atoms with Crippen LogP contribution in [-0.2, 0) is 19.1 Å². The van der Waals surface area contributed by atoms with Crippen LogP contribution in [0.4, 0.5) is 0 Å². The van der Waals surface area contributed by atoms with E-state index in [1.807, 2.05) is 6.92 Å². The van der Waals surface area contributed by atoms with Crippen LogP contribution in [0.2, 0.25) is 0 Å². The predicted octanol–water partition coefficient (Wildman–Crippen LogP) is 1.70. The average molecular weight is 214 g/mol.